The third-order valence-corrected chi connectivity index (χ3v) is 5.86. The summed E-state index contributed by atoms with van der Waals surface area (Å²) in [5, 5.41) is 5.60. The van der Waals surface area contributed by atoms with Crippen molar-refractivity contribution in [1.82, 2.24) is 5.32 Å². The Morgan fingerprint density at radius 2 is 1.65 bits per heavy atom. The molecule has 2 aromatic carbocycles. The lowest BCUT2D eigenvalue weighted by molar-refractivity contribution is -0.121. The highest BCUT2D eigenvalue weighted by Crippen LogP contribution is 2.24. The van der Waals surface area contributed by atoms with E-state index in [1.54, 1.807) is 30.3 Å². The normalized spacial score (nSPS) is 15.9. The maximum atomic E-state index is 12.6. The van der Waals surface area contributed by atoms with Gasteiger partial charge in [0.2, 0.25) is 11.8 Å². The first-order chi connectivity index (χ1) is 16.4. The molecule has 2 N–H and O–H groups in total. The molecule has 0 unspecified atom stereocenters. The number of anilines is 2. The summed E-state index contributed by atoms with van der Waals surface area (Å²) in [6, 6.07) is 12.7. The summed E-state index contributed by atoms with van der Waals surface area (Å²) in [6.45, 7) is -0.566. The minimum Gasteiger partial charge on any atom is -0.452 e. The van der Waals surface area contributed by atoms with Gasteiger partial charge in [0, 0.05) is 18.9 Å². The fraction of sp³-hybridized carbons (Fsp3) is 0.320. The Bertz CT molecular complexity index is 1120. The fourth-order valence-corrected chi connectivity index (χ4v) is 4.16. The van der Waals surface area contributed by atoms with Crippen LogP contribution in [0.15, 0.2) is 48.5 Å². The fourth-order valence-electron chi connectivity index (χ4n) is 4.16. The smallest absolute Gasteiger partial charge is 0.338 e. The number of para-hydroxylation sites is 1. The second-order valence-corrected chi connectivity index (χ2v) is 8.30. The highest BCUT2D eigenvalue weighted by atomic mass is 16.5. The van der Waals surface area contributed by atoms with Gasteiger partial charge in [-0.1, -0.05) is 31.0 Å². The molecule has 2 aromatic rings. The van der Waals surface area contributed by atoms with Gasteiger partial charge >= 0.3 is 5.97 Å². The van der Waals surface area contributed by atoms with Crippen molar-refractivity contribution in [1.29, 1.82) is 0 Å². The van der Waals surface area contributed by atoms with Crippen molar-refractivity contribution >= 4 is 41.0 Å². The second kappa shape index (κ2) is 10.3. The van der Waals surface area contributed by atoms with Gasteiger partial charge in [0.15, 0.2) is 6.61 Å². The van der Waals surface area contributed by atoms with Crippen molar-refractivity contribution in [3.8, 4) is 0 Å². The van der Waals surface area contributed by atoms with Crippen LogP contribution in [0.4, 0.5) is 11.4 Å². The zero-order valence-electron chi connectivity index (χ0n) is 18.5. The van der Waals surface area contributed by atoms with E-state index in [4.69, 9.17) is 4.74 Å². The van der Waals surface area contributed by atoms with Gasteiger partial charge in [0.25, 0.3) is 11.8 Å². The molecule has 9 heteroatoms. The Balaban J connectivity index is 1.35. The molecular weight excluding hydrogens is 438 g/mol. The van der Waals surface area contributed by atoms with Crippen molar-refractivity contribution in [3.05, 3.63) is 59.7 Å². The van der Waals surface area contributed by atoms with E-state index in [1.807, 2.05) is 0 Å². The summed E-state index contributed by atoms with van der Waals surface area (Å²) >= 11 is 0. The second-order valence-electron chi connectivity index (χ2n) is 8.30. The summed E-state index contributed by atoms with van der Waals surface area (Å²) in [6.07, 6.45) is 4.32. The number of benzene rings is 2. The first-order valence-electron chi connectivity index (χ1n) is 11.2. The van der Waals surface area contributed by atoms with Crippen molar-refractivity contribution < 1.29 is 28.7 Å². The summed E-state index contributed by atoms with van der Waals surface area (Å²) in [4.78, 5) is 62.4. The molecule has 1 aliphatic carbocycles. The maximum Gasteiger partial charge on any atom is 0.338 e. The van der Waals surface area contributed by atoms with E-state index in [-0.39, 0.29) is 47.9 Å². The van der Waals surface area contributed by atoms with Gasteiger partial charge < -0.3 is 15.4 Å². The van der Waals surface area contributed by atoms with Crippen molar-refractivity contribution in [2.75, 3.05) is 16.8 Å². The Kier molecular flexibility index (Phi) is 7.01. The first-order valence-corrected chi connectivity index (χ1v) is 11.2. The van der Waals surface area contributed by atoms with Crippen LogP contribution in [0, 0.1) is 0 Å². The number of amides is 4. The number of esters is 1. The van der Waals surface area contributed by atoms with E-state index in [0.29, 0.717) is 11.3 Å². The van der Waals surface area contributed by atoms with Crippen molar-refractivity contribution in [2.45, 2.75) is 44.6 Å². The number of nitrogens with zero attached hydrogens (tertiary/aromatic N) is 1. The molecule has 0 atom stereocenters. The number of ether oxygens (including phenoxy) is 1. The molecule has 0 spiro atoms. The average molecular weight is 463 g/mol. The van der Waals surface area contributed by atoms with E-state index < -0.39 is 18.5 Å². The highest BCUT2D eigenvalue weighted by molar-refractivity contribution is 6.20. The number of carbonyl (C=O) groups excluding carboxylic acids is 5. The number of rotatable bonds is 7. The summed E-state index contributed by atoms with van der Waals surface area (Å²) in [5.74, 6) is -2.29. The lowest BCUT2D eigenvalue weighted by Gasteiger charge is -2.15. The van der Waals surface area contributed by atoms with E-state index >= 15 is 0 Å². The summed E-state index contributed by atoms with van der Waals surface area (Å²) in [5.41, 5.74) is 1.05. The zero-order valence-corrected chi connectivity index (χ0v) is 18.5. The Labute approximate surface area is 196 Å². The van der Waals surface area contributed by atoms with Crippen LogP contribution in [-0.4, -0.2) is 42.2 Å². The first kappa shape index (κ1) is 23.2. The predicted molar refractivity (Wildman–Crippen MR) is 123 cm³/mol. The van der Waals surface area contributed by atoms with Gasteiger partial charge in [0.05, 0.1) is 22.5 Å². The number of hydrogen-bond donors (Lipinski definition) is 2. The molecule has 0 aromatic heterocycles. The summed E-state index contributed by atoms with van der Waals surface area (Å²) < 4.78 is 5.10. The minimum atomic E-state index is -0.775. The van der Waals surface area contributed by atoms with Crippen molar-refractivity contribution in [2.24, 2.45) is 0 Å². The van der Waals surface area contributed by atoms with Gasteiger partial charge in [-0.2, -0.15) is 0 Å². The quantitative estimate of drug-likeness (QED) is 0.481. The van der Waals surface area contributed by atoms with Crippen LogP contribution >= 0.6 is 0 Å². The third kappa shape index (κ3) is 5.31. The van der Waals surface area contributed by atoms with Gasteiger partial charge in [0.1, 0.15) is 0 Å². The lowest BCUT2D eigenvalue weighted by Crippen LogP contribution is -2.33. The van der Waals surface area contributed by atoms with Gasteiger partial charge in [-0.3, -0.25) is 24.1 Å². The molecule has 1 saturated heterocycles. The van der Waals surface area contributed by atoms with E-state index in [0.717, 1.165) is 30.6 Å². The largest absolute Gasteiger partial charge is 0.452 e. The van der Waals surface area contributed by atoms with Crippen LogP contribution in [0.5, 0.6) is 0 Å². The predicted octanol–water partition coefficient (Wildman–Crippen LogP) is 2.81. The molecule has 1 aliphatic heterocycles. The average Bonchev–Trinajstić information content (AvgIpc) is 3.47. The van der Waals surface area contributed by atoms with Crippen LogP contribution in [-0.2, 0) is 19.1 Å². The Morgan fingerprint density at radius 1 is 0.941 bits per heavy atom. The number of carbonyl (C=O) groups is 5. The molecule has 1 saturated carbocycles. The SMILES string of the molecule is O=C(COC(=O)c1cccc(N2C(=O)CCC2=O)c1)Nc1ccccc1C(=O)NC1CCCC1. The molecule has 176 valence electrons. The minimum absolute atomic E-state index is 0.106. The molecule has 9 nitrogen and oxygen atoms in total. The van der Waals surface area contributed by atoms with Crippen molar-refractivity contribution in [3.63, 3.8) is 0 Å². The van der Waals surface area contributed by atoms with Crippen LogP contribution in [0.3, 0.4) is 0 Å². The zero-order chi connectivity index (χ0) is 24.1. The molecule has 4 rings (SSSR count). The maximum absolute atomic E-state index is 12.6. The van der Waals surface area contributed by atoms with Gasteiger partial charge in [-0.05, 0) is 43.2 Å². The Morgan fingerprint density at radius 3 is 2.38 bits per heavy atom. The molecular formula is C25H25N3O6. The highest BCUT2D eigenvalue weighted by Gasteiger charge is 2.30. The Hall–Kier alpha value is -4.01. The van der Waals surface area contributed by atoms with Crippen LogP contribution in [0.2, 0.25) is 0 Å². The molecule has 0 bridgehead atoms. The molecule has 1 heterocycles. The summed E-state index contributed by atoms with van der Waals surface area (Å²) in [7, 11) is 0. The monoisotopic (exact) mass is 463 g/mol. The number of imide groups is 1. The van der Waals surface area contributed by atoms with Crippen LogP contribution < -0.4 is 15.5 Å². The topological polar surface area (TPSA) is 122 Å². The molecule has 0 radical (unpaired) electrons. The number of nitrogens with one attached hydrogen (secondary N) is 2. The molecule has 2 fully saturated rings. The van der Waals surface area contributed by atoms with E-state index in [1.165, 1.54) is 18.2 Å². The molecule has 4 amide bonds. The lowest BCUT2D eigenvalue weighted by atomic mass is 10.1. The third-order valence-electron chi connectivity index (χ3n) is 5.86. The van der Waals surface area contributed by atoms with Gasteiger partial charge in [-0.25, -0.2) is 4.79 Å². The van der Waals surface area contributed by atoms with Gasteiger partial charge in [-0.15, -0.1) is 0 Å². The number of hydrogen-bond acceptors (Lipinski definition) is 6. The van der Waals surface area contributed by atoms with E-state index in [9.17, 15) is 24.0 Å². The van der Waals surface area contributed by atoms with Crippen LogP contribution in [0.1, 0.15) is 59.2 Å². The van der Waals surface area contributed by atoms with E-state index in [2.05, 4.69) is 10.6 Å². The molecule has 2 aliphatic rings. The standard InChI is InChI=1S/C25H25N3O6/c29-21(27-20-11-4-3-10-19(20)24(32)26-17-7-1-2-8-17)15-34-25(33)16-6-5-9-18(14-16)28-22(30)12-13-23(28)31/h3-6,9-11,14,17H,1-2,7-8,12-13,15H2,(H,26,32)(H,27,29). The van der Waals surface area contributed by atoms with Crippen LogP contribution in [0.25, 0.3) is 0 Å². The molecule has 34 heavy (non-hydrogen) atoms.